The van der Waals surface area contributed by atoms with E-state index in [2.05, 4.69) is 4.98 Å². The van der Waals surface area contributed by atoms with Crippen LogP contribution in [0.15, 0.2) is 85.1 Å². The van der Waals surface area contributed by atoms with Gasteiger partial charge in [0.05, 0.1) is 28.2 Å². The van der Waals surface area contributed by atoms with Crippen molar-refractivity contribution in [3.8, 4) is 11.5 Å². The molecular weight excluding hydrogens is 465 g/mol. The van der Waals surface area contributed by atoms with Crippen LogP contribution < -0.4 is 4.74 Å². The molecule has 5 rings (SSSR count). The lowest BCUT2D eigenvalue weighted by molar-refractivity contribution is 0.0265. The molecule has 0 saturated carbocycles. The Morgan fingerprint density at radius 3 is 2.31 bits per heavy atom. The number of ether oxygens (including phenoxy) is 2. The molecule has 3 aromatic carbocycles. The summed E-state index contributed by atoms with van der Waals surface area (Å²) in [5, 5.41) is 0.903. The lowest BCUT2D eigenvalue weighted by Gasteiger charge is -2.32. The largest absolute Gasteiger partial charge is 0.455 e. The van der Waals surface area contributed by atoms with Crippen LogP contribution in [-0.2, 0) is 22.8 Å². The zero-order valence-corrected chi connectivity index (χ0v) is 19.2. The Hall–Kier alpha value is -2.56. The highest BCUT2D eigenvalue weighted by Crippen LogP contribution is 2.52. The summed E-state index contributed by atoms with van der Waals surface area (Å²) in [6, 6.07) is 25.1. The summed E-state index contributed by atoms with van der Waals surface area (Å²) >= 11 is 19.4. The molecule has 0 aliphatic carbocycles. The number of halogens is 3. The van der Waals surface area contributed by atoms with Crippen molar-refractivity contribution in [1.82, 2.24) is 4.98 Å². The maximum atomic E-state index is 6.72. The molecule has 0 amide bonds. The molecule has 0 saturated heterocycles. The van der Waals surface area contributed by atoms with Crippen LogP contribution in [0.1, 0.15) is 27.9 Å². The number of benzene rings is 3. The third-order valence-electron chi connectivity index (χ3n) is 5.62. The van der Waals surface area contributed by atoms with Gasteiger partial charge in [-0.15, -0.1) is 11.6 Å². The van der Waals surface area contributed by atoms with Crippen molar-refractivity contribution < 1.29 is 9.47 Å². The predicted octanol–water partition coefficient (Wildman–Crippen LogP) is 7.74. The van der Waals surface area contributed by atoms with Crippen molar-refractivity contribution >= 4 is 34.8 Å². The van der Waals surface area contributed by atoms with E-state index in [1.165, 1.54) is 0 Å². The molecule has 1 aliphatic heterocycles. The van der Waals surface area contributed by atoms with Gasteiger partial charge in [-0.3, -0.25) is 4.98 Å². The normalized spacial score (nSPS) is 17.2. The summed E-state index contributed by atoms with van der Waals surface area (Å²) in [5.74, 6) is 1.53. The Balaban J connectivity index is 1.77. The Labute approximate surface area is 201 Å². The van der Waals surface area contributed by atoms with E-state index in [0.717, 1.165) is 22.3 Å². The molecule has 32 heavy (non-hydrogen) atoms. The van der Waals surface area contributed by atoms with Gasteiger partial charge in [0.2, 0.25) is 0 Å². The quantitative estimate of drug-likeness (QED) is 0.273. The van der Waals surface area contributed by atoms with Gasteiger partial charge in [0.1, 0.15) is 11.4 Å². The average molecular weight is 483 g/mol. The molecule has 0 fully saturated rings. The minimum absolute atomic E-state index is 0.214. The van der Waals surface area contributed by atoms with Crippen molar-refractivity contribution in [1.29, 1.82) is 0 Å². The van der Waals surface area contributed by atoms with Crippen LogP contribution in [0.25, 0.3) is 0 Å². The fourth-order valence-corrected chi connectivity index (χ4v) is 4.79. The van der Waals surface area contributed by atoms with Crippen molar-refractivity contribution in [2.75, 3.05) is 0 Å². The van der Waals surface area contributed by atoms with Crippen LogP contribution in [0.2, 0.25) is 10.0 Å². The zero-order chi connectivity index (χ0) is 22.1. The van der Waals surface area contributed by atoms with E-state index in [9.17, 15) is 0 Å². The first kappa shape index (κ1) is 21.3. The van der Waals surface area contributed by atoms with Gasteiger partial charge in [0, 0.05) is 22.9 Å². The maximum Gasteiger partial charge on any atom is 0.156 e. The lowest BCUT2D eigenvalue weighted by Crippen LogP contribution is -2.29. The molecule has 0 radical (unpaired) electrons. The number of hydrogen-bond acceptors (Lipinski definition) is 3. The van der Waals surface area contributed by atoms with Gasteiger partial charge in [-0.25, -0.2) is 0 Å². The van der Waals surface area contributed by atoms with Crippen LogP contribution in [0, 0.1) is 0 Å². The van der Waals surface area contributed by atoms with Crippen LogP contribution in [0.3, 0.4) is 0 Å². The summed E-state index contributed by atoms with van der Waals surface area (Å²) in [5.41, 5.74) is 3.09. The third kappa shape index (κ3) is 3.46. The zero-order valence-electron chi connectivity index (χ0n) is 16.9. The monoisotopic (exact) mass is 481 g/mol. The molecule has 4 aromatic rings. The lowest BCUT2D eigenvalue weighted by atomic mass is 9.80. The summed E-state index contributed by atoms with van der Waals surface area (Å²) in [4.78, 5) is 4.65. The van der Waals surface area contributed by atoms with E-state index in [1.807, 2.05) is 79.0 Å². The Morgan fingerprint density at radius 2 is 1.59 bits per heavy atom. The summed E-state index contributed by atoms with van der Waals surface area (Å²) < 4.78 is 12.9. The molecule has 6 heteroatoms. The van der Waals surface area contributed by atoms with Gasteiger partial charge < -0.3 is 9.47 Å². The van der Waals surface area contributed by atoms with Crippen molar-refractivity contribution in [2.24, 2.45) is 0 Å². The number of rotatable bonds is 5. The summed E-state index contributed by atoms with van der Waals surface area (Å²) in [6.45, 7) is 0.307. The van der Waals surface area contributed by atoms with Crippen LogP contribution >= 0.6 is 34.8 Å². The second kappa shape index (κ2) is 8.76. The third-order valence-corrected chi connectivity index (χ3v) is 6.70. The number of pyridine rings is 1. The predicted molar refractivity (Wildman–Crippen MR) is 128 cm³/mol. The van der Waals surface area contributed by atoms with Crippen LogP contribution in [0.4, 0.5) is 0 Å². The van der Waals surface area contributed by atoms with Gasteiger partial charge >= 0.3 is 0 Å². The highest BCUT2D eigenvalue weighted by molar-refractivity contribution is 6.42. The number of para-hydroxylation sites is 1. The van der Waals surface area contributed by atoms with Gasteiger partial charge in [0.15, 0.2) is 5.75 Å². The fraction of sp³-hybridized carbons (Fsp3) is 0.115. The molecule has 3 nitrogen and oxygen atoms in total. The smallest absolute Gasteiger partial charge is 0.156 e. The van der Waals surface area contributed by atoms with Gasteiger partial charge in [-0.1, -0.05) is 83.9 Å². The van der Waals surface area contributed by atoms with E-state index in [4.69, 9.17) is 44.3 Å². The van der Waals surface area contributed by atoms with Gasteiger partial charge in [-0.2, -0.15) is 0 Å². The van der Waals surface area contributed by atoms with E-state index in [-0.39, 0.29) is 5.88 Å². The van der Waals surface area contributed by atoms with E-state index in [0.29, 0.717) is 33.8 Å². The second-order valence-corrected chi connectivity index (χ2v) is 8.46. The maximum absolute atomic E-state index is 6.72. The highest BCUT2D eigenvalue weighted by atomic mass is 35.5. The molecule has 1 unspecified atom stereocenters. The first-order chi connectivity index (χ1) is 15.6. The summed E-state index contributed by atoms with van der Waals surface area (Å²) in [6.07, 6.45) is 1.81. The highest BCUT2D eigenvalue weighted by Gasteiger charge is 2.47. The Bertz CT molecular complexity index is 1270. The molecule has 1 aromatic heterocycles. The fourth-order valence-electron chi connectivity index (χ4n) is 4.17. The van der Waals surface area contributed by atoms with Crippen molar-refractivity contribution in [3.63, 3.8) is 0 Å². The SMILES string of the molecule is ClCc1ncc2c(c1Oc1ccccc1)COC2(c1ccccc1)c1cccc(Cl)c1Cl. The molecule has 160 valence electrons. The number of alkyl halides is 1. The Kier molecular flexibility index (Phi) is 5.83. The summed E-state index contributed by atoms with van der Waals surface area (Å²) in [7, 11) is 0. The molecule has 1 aliphatic rings. The van der Waals surface area contributed by atoms with Gasteiger partial charge in [0.25, 0.3) is 0 Å². The minimum atomic E-state index is -0.981. The van der Waals surface area contributed by atoms with E-state index < -0.39 is 5.60 Å². The molecular formula is C26H18Cl3NO2. The van der Waals surface area contributed by atoms with Gasteiger partial charge in [-0.05, 0) is 23.8 Å². The van der Waals surface area contributed by atoms with Crippen molar-refractivity contribution in [2.45, 2.75) is 18.1 Å². The molecule has 2 heterocycles. The van der Waals surface area contributed by atoms with Crippen molar-refractivity contribution in [3.05, 3.63) is 123 Å². The topological polar surface area (TPSA) is 31.4 Å². The first-order valence-electron chi connectivity index (χ1n) is 10.1. The molecule has 0 spiro atoms. The molecule has 0 bridgehead atoms. The standard InChI is InChI=1S/C26H18Cl3NO2/c27-14-23-25(32-18-10-5-2-6-11-18)19-16-31-26(21(19)15-30-23,17-8-3-1-4-9-17)20-12-7-13-22(28)24(20)29/h1-13,15H,14,16H2. The average Bonchev–Trinajstić information content (AvgIpc) is 3.23. The van der Waals surface area contributed by atoms with E-state index >= 15 is 0 Å². The molecule has 1 atom stereocenters. The first-order valence-corrected chi connectivity index (χ1v) is 11.4. The van der Waals surface area contributed by atoms with E-state index in [1.54, 1.807) is 6.07 Å². The minimum Gasteiger partial charge on any atom is -0.455 e. The number of fused-ring (bicyclic) bond motifs is 1. The molecule has 0 N–H and O–H groups in total. The van der Waals surface area contributed by atoms with Crippen LogP contribution in [0.5, 0.6) is 11.5 Å². The number of aromatic nitrogens is 1. The Morgan fingerprint density at radius 1 is 0.875 bits per heavy atom. The number of hydrogen-bond donors (Lipinski definition) is 0. The van der Waals surface area contributed by atoms with Crippen LogP contribution in [-0.4, -0.2) is 4.98 Å². The second-order valence-electron chi connectivity index (χ2n) is 7.41. The number of nitrogens with zero attached hydrogens (tertiary/aromatic N) is 1.